The van der Waals surface area contributed by atoms with E-state index in [1.807, 2.05) is 38.2 Å². The van der Waals surface area contributed by atoms with Gasteiger partial charge in [-0.2, -0.15) is 0 Å². The van der Waals surface area contributed by atoms with Crippen LogP contribution in [0, 0.1) is 0 Å². The highest BCUT2D eigenvalue weighted by molar-refractivity contribution is 5.76. The molecular weight excluding hydrogens is 376 g/mol. The molecular formula is C26H36O4. The van der Waals surface area contributed by atoms with Gasteiger partial charge >= 0.3 is 11.9 Å². The van der Waals surface area contributed by atoms with Crippen molar-refractivity contribution >= 4 is 11.9 Å². The molecule has 0 aromatic carbocycles. The van der Waals surface area contributed by atoms with Crippen LogP contribution in [0.1, 0.15) is 60.3 Å². The third-order valence-electron chi connectivity index (χ3n) is 4.04. The molecule has 0 aromatic rings. The van der Waals surface area contributed by atoms with E-state index in [4.69, 9.17) is 9.84 Å². The molecule has 0 saturated heterocycles. The van der Waals surface area contributed by atoms with Gasteiger partial charge in [-0.1, -0.05) is 77.5 Å². The van der Waals surface area contributed by atoms with Crippen molar-refractivity contribution in [2.75, 3.05) is 6.61 Å². The molecule has 0 spiro atoms. The standard InChI is InChI=1S/C26H36O4/c1-6-7-11-21(2)12-8-13-22(3)14-9-15-23(4)16-10-17-24(5)20-30-26(29)19-18-25(27)28/h6-9,11-15,17H,10,16,18-20H2,1-5H3,(H,27,28). The number of allylic oxidation sites excluding steroid dienone is 13. The Balaban J connectivity index is 4.34. The number of carboxylic acids is 1. The minimum atomic E-state index is -0.995. The quantitative estimate of drug-likeness (QED) is 0.209. The van der Waals surface area contributed by atoms with E-state index in [1.165, 1.54) is 16.7 Å². The van der Waals surface area contributed by atoms with Gasteiger partial charge in [0.15, 0.2) is 0 Å². The first-order chi connectivity index (χ1) is 14.2. The summed E-state index contributed by atoms with van der Waals surface area (Å²) in [5, 5.41) is 8.54. The van der Waals surface area contributed by atoms with E-state index in [9.17, 15) is 9.59 Å². The summed E-state index contributed by atoms with van der Waals surface area (Å²) in [6, 6.07) is 0. The summed E-state index contributed by atoms with van der Waals surface area (Å²) < 4.78 is 5.05. The lowest BCUT2D eigenvalue weighted by Crippen LogP contribution is -2.08. The van der Waals surface area contributed by atoms with Crippen LogP contribution in [0.15, 0.2) is 83.1 Å². The number of ether oxygens (including phenoxy) is 1. The number of hydrogen-bond donors (Lipinski definition) is 1. The lowest BCUT2D eigenvalue weighted by molar-refractivity contribution is -0.147. The molecule has 0 atom stereocenters. The predicted octanol–water partition coefficient (Wildman–Crippen LogP) is 6.65. The van der Waals surface area contributed by atoms with Crippen molar-refractivity contribution < 1.29 is 19.4 Å². The Morgan fingerprint density at radius 2 is 1.40 bits per heavy atom. The number of carbonyl (C=O) groups is 2. The average Bonchev–Trinajstić information content (AvgIpc) is 2.69. The van der Waals surface area contributed by atoms with Gasteiger partial charge in [-0.25, -0.2) is 0 Å². The fourth-order valence-electron chi connectivity index (χ4n) is 2.24. The highest BCUT2D eigenvalue weighted by Gasteiger charge is 2.06. The zero-order valence-electron chi connectivity index (χ0n) is 19.0. The topological polar surface area (TPSA) is 63.6 Å². The Hall–Kier alpha value is -2.88. The van der Waals surface area contributed by atoms with Crippen molar-refractivity contribution in [1.82, 2.24) is 0 Å². The van der Waals surface area contributed by atoms with Gasteiger partial charge in [0.05, 0.1) is 12.8 Å². The Morgan fingerprint density at radius 3 is 2.00 bits per heavy atom. The van der Waals surface area contributed by atoms with Crippen LogP contribution in [0.4, 0.5) is 0 Å². The summed E-state index contributed by atoms with van der Waals surface area (Å²) in [6.07, 6.45) is 22.1. The second-order valence-electron chi connectivity index (χ2n) is 7.22. The highest BCUT2D eigenvalue weighted by Crippen LogP contribution is 2.08. The summed E-state index contributed by atoms with van der Waals surface area (Å²) in [6.45, 7) is 10.3. The normalized spacial score (nSPS) is 14.3. The Bertz CT molecular complexity index is 756. The Morgan fingerprint density at radius 1 is 0.800 bits per heavy atom. The number of carbonyl (C=O) groups excluding carboxylic acids is 1. The second-order valence-corrected chi connectivity index (χ2v) is 7.22. The van der Waals surface area contributed by atoms with Crippen molar-refractivity contribution in [3.63, 3.8) is 0 Å². The van der Waals surface area contributed by atoms with E-state index in [-0.39, 0.29) is 19.4 Å². The van der Waals surface area contributed by atoms with Gasteiger partial charge in [-0.3, -0.25) is 9.59 Å². The Kier molecular flexibility index (Phi) is 15.4. The predicted molar refractivity (Wildman–Crippen MR) is 125 cm³/mol. The van der Waals surface area contributed by atoms with E-state index >= 15 is 0 Å². The number of carboxylic acid groups (broad SMARTS) is 1. The van der Waals surface area contributed by atoms with Gasteiger partial charge in [0.2, 0.25) is 0 Å². The fraction of sp³-hybridized carbons (Fsp3) is 0.385. The van der Waals surface area contributed by atoms with E-state index < -0.39 is 11.9 Å². The highest BCUT2D eigenvalue weighted by atomic mass is 16.5. The molecule has 0 fully saturated rings. The molecule has 0 bridgehead atoms. The summed E-state index contributed by atoms with van der Waals surface area (Å²) >= 11 is 0. The Labute approximate surface area is 181 Å². The van der Waals surface area contributed by atoms with E-state index in [0.29, 0.717) is 0 Å². The van der Waals surface area contributed by atoms with Crippen molar-refractivity contribution in [3.05, 3.63) is 83.1 Å². The van der Waals surface area contributed by atoms with Crippen molar-refractivity contribution in [2.45, 2.75) is 60.3 Å². The third kappa shape index (κ3) is 17.2. The first-order valence-electron chi connectivity index (χ1n) is 10.3. The zero-order chi connectivity index (χ0) is 22.8. The maximum absolute atomic E-state index is 11.4. The van der Waals surface area contributed by atoms with Crippen molar-refractivity contribution in [3.8, 4) is 0 Å². The molecule has 164 valence electrons. The molecule has 0 aromatic heterocycles. The van der Waals surface area contributed by atoms with E-state index in [0.717, 1.165) is 18.4 Å². The van der Waals surface area contributed by atoms with Crippen LogP contribution in [0.2, 0.25) is 0 Å². The summed E-state index contributed by atoms with van der Waals surface area (Å²) in [5.74, 6) is -1.47. The number of hydrogen-bond acceptors (Lipinski definition) is 3. The van der Waals surface area contributed by atoms with Crippen LogP contribution in [0.3, 0.4) is 0 Å². The molecule has 0 aliphatic rings. The largest absolute Gasteiger partial charge is 0.481 e. The number of rotatable bonds is 13. The number of esters is 1. The molecule has 4 nitrogen and oxygen atoms in total. The van der Waals surface area contributed by atoms with Crippen molar-refractivity contribution in [1.29, 1.82) is 0 Å². The van der Waals surface area contributed by atoms with E-state index in [2.05, 4.69) is 57.2 Å². The lowest BCUT2D eigenvalue weighted by atomic mass is 10.1. The van der Waals surface area contributed by atoms with E-state index in [1.54, 1.807) is 0 Å². The third-order valence-corrected chi connectivity index (χ3v) is 4.04. The maximum atomic E-state index is 11.4. The minimum absolute atomic E-state index is 0.0903. The van der Waals surface area contributed by atoms with Gasteiger partial charge in [0.1, 0.15) is 6.61 Å². The van der Waals surface area contributed by atoms with Gasteiger partial charge in [-0.15, -0.1) is 0 Å². The lowest BCUT2D eigenvalue weighted by Gasteiger charge is -2.04. The molecule has 1 N–H and O–H groups in total. The molecule has 0 radical (unpaired) electrons. The SMILES string of the molecule is CC=CC=C(C)C=CC=C(C)C=CC=C(C)CCC=C(C)COC(=O)CCC(=O)O. The molecule has 4 heteroatoms. The first-order valence-corrected chi connectivity index (χ1v) is 10.3. The van der Waals surface area contributed by atoms with Crippen LogP contribution in [-0.4, -0.2) is 23.7 Å². The molecule has 0 aliphatic carbocycles. The van der Waals surface area contributed by atoms with Gasteiger partial charge in [-0.05, 0) is 53.0 Å². The molecule has 0 saturated carbocycles. The molecule has 0 aliphatic heterocycles. The van der Waals surface area contributed by atoms with Gasteiger partial charge < -0.3 is 9.84 Å². The minimum Gasteiger partial charge on any atom is -0.481 e. The second kappa shape index (κ2) is 17.0. The summed E-state index contributed by atoms with van der Waals surface area (Å²) in [7, 11) is 0. The first kappa shape index (κ1) is 27.1. The average molecular weight is 413 g/mol. The molecule has 30 heavy (non-hydrogen) atoms. The summed E-state index contributed by atoms with van der Waals surface area (Å²) in [5.41, 5.74) is 4.61. The monoisotopic (exact) mass is 412 g/mol. The van der Waals surface area contributed by atoms with Crippen LogP contribution in [0.5, 0.6) is 0 Å². The molecule has 0 unspecified atom stereocenters. The maximum Gasteiger partial charge on any atom is 0.306 e. The van der Waals surface area contributed by atoms with Crippen LogP contribution in [0.25, 0.3) is 0 Å². The van der Waals surface area contributed by atoms with Gasteiger partial charge in [0.25, 0.3) is 0 Å². The van der Waals surface area contributed by atoms with Gasteiger partial charge in [0, 0.05) is 0 Å². The van der Waals surface area contributed by atoms with Crippen LogP contribution in [-0.2, 0) is 14.3 Å². The summed E-state index contributed by atoms with van der Waals surface area (Å²) in [4.78, 5) is 21.8. The smallest absolute Gasteiger partial charge is 0.306 e. The molecule has 0 heterocycles. The van der Waals surface area contributed by atoms with Crippen molar-refractivity contribution in [2.24, 2.45) is 0 Å². The van der Waals surface area contributed by atoms with Crippen LogP contribution < -0.4 is 0 Å². The van der Waals surface area contributed by atoms with Crippen LogP contribution >= 0.6 is 0 Å². The number of aliphatic carboxylic acids is 1. The molecule has 0 rings (SSSR count). The zero-order valence-corrected chi connectivity index (χ0v) is 19.0. The fourth-order valence-corrected chi connectivity index (χ4v) is 2.24. The molecule has 0 amide bonds.